The van der Waals surface area contributed by atoms with Crippen molar-refractivity contribution < 1.29 is 9.53 Å². The zero-order valence-corrected chi connectivity index (χ0v) is 21.8. The van der Waals surface area contributed by atoms with Crippen LogP contribution in [0.5, 0.6) is 0 Å². The average molecular weight is 487 g/mol. The molecule has 0 aliphatic rings. The third-order valence-corrected chi connectivity index (χ3v) is 6.30. The van der Waals surface area contributed by atoms with Gasteiger partial charge in [0.1, 0.15) is 11.5 Å². The molecular formula is C28H30N4O2S. The third-order valence-electron chi connectivity index (χ3n) is 5.29. The van der Waals surface area contributed by atoms with Crippen LogP contribution in [-0.2, 0) is 4.74 Å². The van der Waals surface area contributed by atoms with Crippen LogP contribution in [0.4, 0.5) is 5.82 Å². The Hall–Kier alpha value is -3.63. The molecule has 4 aromatic rings. The molecule has 0 aliphatic carbocycles. The topological polar surface area (TPSA) is 68.5 Å². The number of hydrogen-bond donors (Lipinski definition) is 1. The summed E-state index contributed by atoms with van der Waals surface area (Å²) in [5.74, 6) is 6.75. The summed E-state index contributed by atoms with van der Waals surface area (Å²) in [5, 5.41) is 3.71. The molecule has 0 saturated heterocycles. The Morgan fingerprint density at radius 3 is 2.51 bits per heavy atom. The number of thiophene rings is 1. The van der Waals surface area contributed by atoms with E-state index in [0.29, 0.717) is 5.65 Å². The predicted molar refractivity (Wildman–Crippen MR) is 142 cm³/mol. The molecule has 7 heteroatoms. The normalized spacial score (nSPS) is 11.7. The number of nitrogens with zero attached hydrogens (tertiary/aromatic N) is 3. The monoisotopic (exact) mass is 486 g/mol. The molecule has 0 spiro atoms. The third kappa shape index (κ3) is 5.72. The van der Waals surface area contributed by atoms with Gasteiger partial charge in [-0.2, -0.15) is 0 Å². The molecule has 3 heterocycles. The Morgan fingerprint density at radius 2 is 1.83 bits per heavy atom. The van der Waals surface area contributed by atoms with Gasteiger partial charge in [0.2, 0.25) is 0 Å². The lowest BCUT2D eigenvalue weighted by molar-refractivity contribution is 0.0595. The fourth-order valence-electron chi connectivity index (χ4n) is 4.39. The molecule has 0 radical (unpaired) electrons. The first-order valence-electron chi connectivity index (χ1n) is 11.5. The van der Waals surface area contributed by atoms with Crippen LogP contribution in [0.2, 0.25) is 0 Å². The van der Waals surface area contributed by atoms with Crippen LogP contribution < -0.4 is 5.32 Å². The SMILES string of the molecule is COC(=O)c1nccn2c(NC(C)(C)CC(C)(C)C)c(-c3ccc(C#Cc4ccccc4)s3)nc12. The summed E-state index contributed by atoms with van der Waals surface area (Å²) in [4.78, 5) is 23.4. The second kappa shape index (κ2) is 9.55. The molecule has 0 fully saturated rings. The maximum absolute atomic E-state index is 12.4. The molecular weight excluding hydrogens is 456 g/mol. The van der Waals surface area contributed by atoms with Gasteiger partial charge in [0.05, 0.1) is 16.9 Å². The van der Waals surface area contributed by atoms with E-state index in [4.69, 9.17) is 9.72 Å². The highest BCUT2D eigenvalue weighted by molar-refractivity contribution is 7.16. The number of carbonyl (C=O) groups excluding carboxylic acids is 1. The van der Waals surface area contributed by atoms with Crippen molar-refractivity contribution in [1.29, 1.82) is 0 Å². The predicted octanol–water partition coefficient (Wildman–Crippen LogP) is 6.27. The number of aromatic nitrogens is 3. The lowest BCUT2D eigenvalue weighted by Gasteiger charge is -2.34. The first kappa shape index (κ1) is 24.5. The number of carbonyl (C=O) groups is 1. The molecule has 0 aliphatic heterocycles. The first-order chi connectivity index (χ1) is 16.6. The van der Waals surface area contributed by atoms with Crippen molar-refractivity contribution in [2.45, 2.75) is 46.6 Å². The second-order valence-corrected chi connectivity index (χ2v) is 11.4. The van der Waals surface area contributed by atoms with E-state index in [-0.39, 0.29) is 16.6 Å². The number of fused-ring (bicyclic) bond motifs is 1. The van der Waals surface area contributed by atoms with Gasteiger partial charge >= 0.3 is 5.97 Å². The van der Waals surface area contributed by atoms with E-state index in [9.17, 15) is 4.79 Å². The number of anilines is 1. The van der Waals surface area contributed by atoms with E-state index in [1.54, 1.807) is 17.5 Å². The number of esters is 1. The molecule has 0 unspecified atom stereocenters. The Morgan fingerprint density at radius 1 is 1.09 bits per heavy atom. The lowest BCUT2D eigenvalue weighted by Crippen LogP contribution is -2.36. The number of imidazole rings is 1. The average Bonchev–Trinajstić information content (AvgIpc) is 3.40. The molecule has 0 saturated carbocycles. The minimum Gasteiger partial charge on any atom is -0.464 e. The number of hydrogen-bond acceptors (Lipinski definition) is 6. The Bertz CT molecular complexity index is 1420. The molecule has 0 amide bonds. The van der Waals surface area contributed by atoms with Gasteiger partial charge in [0, 0.05) is 23.5 Å². The van der Waals surface area contributed by atoms with Crippen LogP contribution >= 0.6 is 11.3 Å². The van der Waals surface area contributed by atoms with Crippen LogP contribution in [0.3, 0.4) is 0 Å². The first-order valence-corrected chi connectivity index (χ1v) is 12.3. The summed E-state index contributed by atoms with van der Waals surface area (Å²) in [6, 6.07) is 13.9. The minimum absolute atomic E-state index is 0.124. The molecule has 4 rings (SSSR count). The molecule has 1 N–H and O–H groups in total. The second-order valence-electron chi connectivity index (χ2n) is 10.3. The number of nitrogens with one attached hydrogen (secondary N) is 1. The number of rotatable bonds is 5. The minimum atomic E-state index is -0.520. The number of benzene rings is 1. The molecule has 180 valence electrons. The summed E-state index contributed by atoms with van der Waals surface area (Å²) in [5.41, 5.74) is 2.25. The van der Waals surface area contributed by atoms with Gasteiger partial charge in [-0.3, -0.25) is 4.40 Å². The molecule has 1 aromatic carbocycles. The van der Waals surface area contributed by atoms with Gasteiger partial charge in [-0.1, -0.05) is 50.8 Å². The van der Waals surface area contributed by atoms with Crippen molar-refractivity contribution in [1.82, 2.24) is 14.4 Å². The highest BCUT2D eigenvalue weighted by atomic mass is 32.1. The van der Waals surface area contributed by atoms with Crippen molar-refractivity contribution in [3.8, 4) is 22.4 Å². The zero-order chi connectivity index (χ0) is 25.2. The fraction of sp³-hybridized carbons (Fsp3) is 0.321. The summed E-state index contributed by atoms with van der Waals surface area (Å²) in [6.07, 6.45) is 4.34. The van der Waals surface area contributed by atoms with Crippen LogP contribution in [-0.4, -0.2) is 33.0 Å². The number of ether oxygens (including phenoxy) is 1. The van der Waals surface area contributed by atoms with E-state index < -0.39 is 5.97 Å². The van der Waals surface area contributed by atoms with E-state index in [2.05, 4.69) is 56.8 Å². The molecule has 0 bridgehead atoms. The van der Waals surface area contributed by atoms with Gasteiger partial charge in [-0.05, 0) is 49.9 Å². The Balaban J connectivity index is 1.81. The van der Waals surface area contributed by atoms with E-state index in [0.717, 1.165) is 33.3 Å². The van der Waals surface area contributed by atoms with Crippen molar-refractivity contribution in [3.63, 3.8) is 0 Å². The standard InChI is InChI=1S/C28H30N4O2S/c1-27(2,3)18-28(4,5)31-25-22(30-24-23(26(33)34-6)29-16-17-32(24)25)21-15-14-20(35-21)13-12-19-10-8-7-9-11-19/h7-11,14-17,31H,18H2,1-6H3. The van der Waals surface area contributed by atoms with Crippen molar-refractivity contribution in [2.75, 3.05) is 12.4 Å². The van der Waals surface area contributed by atoms with Crippen molar-refractivity contribution in [2.24, 2.45) is 5.41 Å². The summed E-state index contributed by atoms with van der Waals surface area (Å²) >= 11 is 1.57. The largest absolute Gasteiger partial charge is 0.464 e. The van der Waals surface area contributed by atoms with Crippen LogP contribution in [0, 0.1) is 17.3 Å². The van der Waals surface area contributed by atoms with Crippen LogP contribution in [0.1, 0.15) is 62.0 Å². The zero-order valence-electron chi connectivity index (χ0n) is 21.0. The Kier molecular flexibility index (Phi) is 6.68. The van der Waals surface area contributed by atoms with E-state index in [1.807, 2.05) is 53.1 Å². The van der Waals surface area contributed by atoms with E-state index in [1.165, 1.54) is 7.11 Å². The summed E-state index contributed by atoms with van der Waals surface area (Å²) in [7, 11) is 1.35. The van der Waals surface area contributed by atoms with Crippen LogP contribution in [0.25, 0.3) is 16.2 Å². The molecule has 3 aromatic heterocycles. The lowest BCUT2D eigenvalue weighted by atomic mass is 9.82. The van der Waals surface area contributed by atoms with Gasteiger partial charge in [0.15, 0.2) is 11.3 Å². The molecule has 6 nitrogen and oxygen atoms in total. The van der Waals surface area contributed by atoms with Crippen molar-refractivity contribution >= 4 is 28.8 Å². The fourth-order valence-corrected chi connectivity index (χ4v) is 5.24. The summed E-state index contributed by atoms with van der Waals surface area (Å²) in [6.45, 7) is 11.0. The van der Waals surface area contributed by atoms with Gasteiger partial charge in [-0.25, -0.2) is 14.8 Å². The smallest absolute Gasteiger partial charge is 0.360 e. The van der Waals surface area contributed by atoms with Crippen LogP contribution in [0.15, 0.2) is 54.9 Å². The van der Waals surface area contributed by atoms with Gasteiger partial charge in [0.25, 0.3) is 0 Å². The highest BCUT2D eigenvalue weighted by Crippen LogP contribution is 2.37. The quantitative estimate of drug-likeness (QED) is 0.266. The maximum Gasteiger partial charge on any atom is 0.360 e. The Labute approximate surface area is 210 Å². The van der Waals surface area contributed by atoms with Crippen molar-refractivity contribution in [3.05, 3.63) is 71.0 Å². The maximum atomic E-state index is 12.4. The van der Waals surface area contributed by atoms with E-state index >= 15 is 0 Å². The highest BCUT2D eigenvalue weighted by Gasteiger charge is 2.29. The molecule has 35 heavy (non-hydrogen) atoms. The van der Waals surface area contributed by atoms with Gasteiger partial charge < -0.3 is 10.1 Å². The number of methoxy groups -OCH3 is 1. The van der Waals surface area contributed by atoms with Gasteiger partial charge in [-0.15, -0.1) is 11.3 Å². The summed E-state index contributed by atoms with van der Waals surface area (Å²) < 4.78 is 6.84. The molecule has 0 atom stereocenters.